The molecule has 0 amide bonds. The van der Waals surface area contributed by atoms with E-state index < -0.39 is 0 Å². The fraction of sp³-hybridized carbons (Fsp3) is 0.692. The van der Waals surface area contributed by atoms with Crippen molar-refractivity contribution < 1.29 is 0 Å². The fourth-order valence-electron chi connectivity index (χ4n) is 4.72. The number of allylic oxidation sites excluding steroid dienone is 3. The lowest BCUT2D eigenvalue weighted by Gasteiger charge is -2.45. The van der Waals surface area contributed by atoms with E-state index in [1.165, 1.54) is 0 Å². The molecule has 4 bridgehead atoms. The molecule has 178 valence electrons. The van der Waals surface area contributed by atoms with Crippen LogP contribution in [0.25, 0.3) is 0 Å². The second-order valence-corrected chi connectivity index (χ2v) is 22.0. The predicted octanol–water partition coefficient (Wildman–Crippen LogP) is 11.1. The van der Waals surface area contributed by atoms with Crippen molar-refractivity contribution in [3.63, 3.8) is 0 Å². The standard InChI is InChI=1S/C26H38S6/c1-21(2,3)15-13-17(23(7,8)9)26-19(15)27-20-18(28-26)16(22(4,5)6)14-25(20,24(10,11)12)29-31-32-30-26/h13-14H,1-12H3. The maximum Gasteiger partial charge on any atom is 0.130 e. The first-order valence-electron chi connectivity index (χ1n) is 11.4. The van der Waals surface area contributed by atoms with Gasteiger partial charge < -0.3 is 0 Å². The van der Waals surface area contributed by atoms with Gasteiger partial charge in [-0.2, -0.15) is 0 Å². The van der Waals surface area contributed by atoms with E-state index in [1.54, 1.807) is 31.4 Å². The minimum atomic E-state index is -0.0365. The van der Waals surface area contributed by atoms with Crippen LogP contribution in [0.4, 0.5) is 0 Å². The van der Waals surface area contributed by atoms with Crippen LogP contribution in [0, 0.1) is 21.7 Å². The number of hydrogen-bond donors (Lipinski definition) is 0. The van der Waals surface area contributed by atoms with Gasteiger partial charge >= 0.3 is 0 Å². The Hall–Kier alpha value is 1.06. The van der Waals surface area contributed by atoms with Gasteiger partial charge in [-0.1, -0.05) is 140 Å². The smallest absolute Gasteiger partial charge is 0.0961 e. The number of rotatable bonds is 0. The van der Waals surface area contributed by atoms with Crippen LogP contribution in [-0.4, -0.2) is 8.83 Å². The molecule has 1 spiro atoms. The molecule has 3 heterocycles. The second kappa shape index (κ2) is 7.78. The number of thioether (sulfide) groups is 2. The van der Waals surface area contributed by atoms with Gasteiger partial charge in [0.15, 0.2) is 0 Å². The fourth-order valence-corrected chi connectivity index (χ4v) is 18.6. The van der Waals surface area contributed by atoms with Crippen LogP contribution >= 0.6 is 64.8 Å². The van der Waals surface area contributed by atoms with Crippen LogP contribution in [0.5, 0.6) is 0 Å². The van der Waals surface area contributed by atoms with E-state index in [9.17, 15) is 0 Å². The molecular formula is C26H38S6. The first-order valence-corrected chi connectivity index (χ1v) is 17.8. The SMILES string of the molecule is CC(C)(C)C1=CC2(C(C)(C)C)SSSSC34SC1=C2SC3=C(C(C)(C)C)C=C4C(C)(C)C. The van der Waals surface area contributed by atoms with Gasteiger partial charge in [-0.15, -0.1) is 0 Å². The van der Waals surface area contributed by atoms with E-state index in [4.69, 9.17) is 0 Å². The summed E-state index contributed by atoms with van der Waals surface area (Å²) in [6.45, 7) is 28.9. The van der Waals surface area contributed by atoms with E-state index in [0.717, 1.165) is 0 Å². The van der Waals surface area contributed by atoms with Gasteiger partial charge in [0, 0.05) is 14.7 Å². The minimum Gasteiger partial charge on any atom is -0.0961 e. The van der Waals surface area contributed by atoms with Crippen molar-refractivity contribution in [1.29, 1.82) is 0 Å². The van der Waals surface area contributed by atoms with E-state index in [1.807, 2.05) is 19.7 Å². The molecule has 32 heavy (non-hydrogen) atoms. The number of hydrogen-bond acceptors (Lipinski definition) is 6. The molecule has 2 atom stereocenters. The van der Waals surface area contributed by atoms with E-state index in [0.29, 0.717) is 0 Å². The highest BCUT2D eigenvalue weighted by Crippen LogP contribution is 2.79. The van der Waals surface area contributed by atoms with Gasteiger partial charge in [0.05, 0.1) is 4.75 Å². The van der Waals surface area contributed by atoms with Crippen molar-refractivity contribution in [1.82, 2.24) is 0 Å². The highest BCUT2D eigenvalue weighted by molar-refractivity contribution is 9.26. The average Bonchev–Trinajstić information content (AvgIpc) is 3.11. The minimum absolute atomic E-state index is 0.00216. The number of fused-ring (bicyclic) bond motifs is 3. The van der Waals surface area contributed by atoms with Crippen molar-refractivity contribution in [3.8, 4) is 0 Å². The third-order valence-electron chi connectivity index (χ3n) is 6.66. The molecule has 1 fully saturated rings. The van der Waals surface area contributed by atoms with Crippen LogP contribution in [-0.2, 0) is 0 Å². The average molecular weight is 543 g/mol. The maximum absolute atomic E-state index is 2.67. The molecule has 0 aromatic carbocycles. The van der Waals surface area contributed by atoms with Gasteiger partial charge in [0.1, 0.15) is 4.08 Å². The van der Waals surface area contributed by atoms with Gasteiger partial charge in [-0.25, -0.2) is 0 Å². The molecule has 0 N–H and O–H groups in total. The van der Waals surface area contributed by atoms with Crippen LogP contribution in [0.15, 0.2) is 43.6 Å². The summed E-state index contributed by atoms with van der Waals surface area (Å²) in [5, 5.41) is 0. The lowest BCUT2D eigenvalue weighted by Crippen LogP contribution is -2.38. The predicted molar refractivity (Wildman–Crippen MR) is 159 cm³/mol. The van der Waals surface area contributed by atoms with Gasteiger partial charge in [-0.3, -0.25) is 0 Å². The van der Waals surface area contributed by atoms with E-state index in [2.05, 4.69) is 140 Å². The van der Waals surface area contributed by atoms with Crippen LogP contribution < -0.4 is 0 Å². The molecule has 5 rings (SSSR count). The Labute approximate surface area is 220 Å². The molecule has 0 aromatic heterocycles. The molecule has 2 unspecified atom stereocenters. The Balaban J connectivity index is 2.06. The molecule has 0 radical (unpaired) electrons. The summed E-state index contributed by atoms with van der Waals surface area (Å²) in [7, 11) is 8.17. The van der Waals surface area contributed by atoms with Crippen molar-refractivity contribution in [3.05, 3.63) is 43.6 Å². The third-order valence-corrected chi connectivity index (χ3v) is 18.2. The van der Waals surface area contributed by atoms with Gasteiger partial charge in [0.2, 0.25) is 0 Å². The largest absolute Gasteiger partial charge is 0.130 e. The molecule has 0 aromatic rings. The molecule has 3 aliphatic heterocycles. The highest BCUT2D eigenvalue weighted by atomic mass is 33.7. The zero-order chi connectivity index (χ0) is 24.1. The van der Waals surface area contributed by atoms with Crippen molar-refractivity contribution in [2.24, 2.45) is 21.7 Å². The Bertz CT molecular complexity index is 968. The summed E-state index contributed by atoms with van der Waals surface area (Å²) in [6.07, 6.45) is 5.25. The quantitative estimate of drug-likeness (QED) is 0.277. The first-order chi connectivity index (χ1) is 14.3. The van der Waals surface area contributed by atoms with Crippen LogP contribution in [0.2, 0.25) is 0 Å². The zero-order valence-electron chi connectivity index (χ0n) is 21.6. The lowest BCUT2D eigenvalue weighted by molar-refractivity contribution is 0.373. The molecule has 0 nitrogen and oxygen atoms in total. The summed E-state index contributed by atoms with van der Waals surface area (Å²) in [4.78, 5) is 4.75. The van der Waals surface area contributed by atoms with Crippen molar-refractivity contribution >= 4 is 64.8 Å². The summed E-state index contributed by atoms with van der Waals surface area (Å²) in [6, 6.07) is 0. The normalized spacial score (nSPS) is 31.4. The second-order valence-electron chi connectivity index (χ2n) is 13.4. The topological polar surface area (TPSA) is 0 Å². The molecule has 1 saturated heterocycles. The summed E-state index contributed by atoms with van der Waals surface area (Å²) < 4.78 is -0.0386. The Kier molecular flexibility index (Phi) is 6.35. The molecule has 2 aliphatic carbocycles. The van der Waals surface area contributed by atoms with Crippen molar-refractivity contribution in [2.75, 3.05) is 0 Å². The van der Waals surface area contributed by atoms with Crippen molar-refractivity contribution in [2.45, 2.75) is 91.9 Å². The van der Waals surface area contributed by atoms with E-state index >= 15 is 0 Å². The molecule has 5 aliphatic rings. The zero-order valence-corrected chi connectivity index (χ0v) is 26.5. The Morgan fingerprint density at radius 3 is 1.78 bits per heavy atom. The Morgan fingerprint density at radius 1 is 0.688 bits per heavy atom. The molecule has 6 heteroatoms. The first kappa shape index (κ1) is 26.1. The molecular weight excluding hydrogens is 505 g/mol. The summed E-state index contributed by atoms with van der Waals surface area (Å²) in [5.41, 5.74) is 5.18. The van der Waals surface area contributed by atoms with Gasteiger partial charge in [0.25, 0.3) is 0 Å². The highest BCUT2D eigenvalue weighted by Gasteiger charge is 2.61. The lowest BCUT2D eigenvalue weighted by atomic mass is 9.79. The summed E-state index contributed by atoms with van der Waals surface area (Å²) in [5.74, 6) is 0. The monoisotopic (exact) mass is 542 g/mol. The van der Waals surface area contributed by atoms with Crippen LogP contribution in [0.3, 0.4) is 0 Å². The van der Waals surface area contributed by atoms with Crippen LogP contribution in [0.1, 0.15) is 83.1 Å². The molecule has 0 saturated carbocycles. The van der Waals surface area contributed by atoms with Gasteiger partial charge in [-0.05, 0) is 58.0 Å². The van der Waals surface area contributed by atoms with E-state index in [-0.39, 0.29) is 30.5 Å². The summed E-state index contributed by atoms with van der Waals surface area (Å²) >= 11 is 4.31. The third kappa shape index (κ3) is 3.88. The maximum atomic E-state index is 2.67. The Morgan fingerprint density at radius 2 is 1.28 bits per heavy atom.